The summed E-state index contributed by atoms with van der Waals surface area (Å²) in [6.07, 6.45) is 0. The Balaban J connectivity index is 1.94. The molecule has 1 heterocycles. The first-order valence-corrected chi connectivity index (χ1v) is 8.26. The molecule has 23 heavy (non-hydrogen) atoms. The number of nitrogens with zero attached hydrogens (tertiary/aromatic N) is 2. The number of benzene rings is 1. The van der Waals surface area contributed by atoms with E-state index in [1.807, 2.05) is 45.9 Å². The molecule has 1 saturated heterocycles. The van der Waals surface area contributed by atoms with Crippen molar-refractivity contribution in [3.05, 3.63) is 24.3 Å². The highest BCUT2D eigenvalue weighted by molar-refractivity contribution is 5.82. The summed E-state index contributed by atoms with van der Waals surface area (Å²) in [5.74, 6) is 1.00. The quantitative estimate of drug-likeness (QED) is 0.923. The van der Waals surface area contributed by atoms with E-state index in [1.54, 1.807) is 7.11 Å². The van der Waals surface area contributed by atoms with Gasteiger partial charge in [0.25, 0.3) is 0 Å². The van der Waals surface area contributed by atoms with E-state index in [2.05, 4.69) is 21.2 Å². The fourth-order valence-electron chi connectivity index (χ4n) is 2.88. The Morgan fingerprint density at radius 2 is 1.78 bits per heavy atom. The summed E-state index contributed by atoms with van der Waals surface area (Å²) in [5.41, 5.74) is 0.936. The molecule has 1 aromatic carbocycles. The van der Waals surface area contributed by atoms with Gasteiger partial charge in [-0.1, -0.05) is 12.1 Å². The number of hydrogen-bond donors (Lipinski definition) is 1. The average molecular weight is 319 g/mol. The molecule has 1 fully saturated rings. The van der Waals surface area contributed by atoms with Crippen LogP contribution in [0.3, 0.4) is 0 Å². The lowest BCUT2D eigenvalue weighted by molar-refractivity contribution is -0.127. The second-order valence-electron chi connectivity index (χ2n) is 7.11. The van der Waals surface area contributed by atoms with Crippen molar-refractivity contribution in [1.29, 1.82) is 0 Å². The molecule has 0 bridgehead atoms. The van der Waals surface area contributed by atoms with E-state index in [9.17, 15) is 4.79 Å². The van der Waals surface area contributed by atoms with Crippen molar-refractivity contribution in [2.24, 2.45) is 0 Å². The maximum absolute atomic E-state index is 12.3. The molecule has 1 aliphatic rings. The SMILES string of the molecule is COc1ccccc1N1CCN([C@@H](C)C(=O)NC(C)(C)C)CC1. The van der Waals surface area contributed by atoms with Crippen LogP contribution in [0, 0.1) is 0 Å². The number of hydrogen-bond acceptors (Lipinski definition) is 4. The summed E-state index contributed by atoms with van der Waals surface area (Å²) in [5, 5.41) is 3.06. The third kappa shape index (κ3) is 4.61. The fourth-order valence-corrected chi connectivity index (χ4v) is 2.88. The van der Waals surface area contributed by atoms with Crippen LogP contribution in [0.5, 0.6) is 5.75 Å². The van der Waals surface area contributed by atoms with Crippen LogP contribution in [0.15, 0.2) is 24.3 Å². The van der Waals surface area contributed by atoms with Crippen molar-refractivity contribution in [3.8, 4) is 5.75 Å². The highest BCUT2D eigenvalue weighted by Gasteiger charge is 2.28. The fraction of sp³-hybridized carbons (Fsp3) is 0.611. The number of amides is 1. The van der Waals surface area contributed by atoms with Gasteiger partial charge >= 0.3 is 0 Å². The van der Waals surface area contributed by atoms with Gasteiger partial charge in [0.05, 0.1) is 18.8 Å². The van der Waals surface area contributed by atoms with Crippen molar-refractivity contribution in [2.75, 3.05) is 38.2 Å². The molecule has 1 N–H and O–H groups in total. The van der Waals surface area contributed by atoms with Gasteiger partial charge in [-0.3, -0.25) is 9.69 Å². The van der Waals surface area contributed by atoms with Crippen LogP contribution in [0.25, 0.3) is 0 Å². The molecule has 1 atom stereocenters. The molecule has 0 unspecified atom stereocenters. The summed E-state index contributed by atoms with van der Waals surface area (Å²) in [6, 6.07) is 7.99. The summed E-state index contributed by atoms with van der Waals surface area (Å²) in [7, 11) is 1.70. The van der Waals surface area contributed by atoms with Crippen LogP contribution in [-0.2, 0) is 4.79 Å². The molecule has 2 rings (SSSR count). The molecule has 5 heteroatoms. The second-order valence-corrected chi connectivity index (χ2v) is 7.11. The zero-order valence-corrected chi connectivity index (χ0v) is 14.9. The number of anilines is 1. The first kappa shape index (κ1) is 17.6. The molecule has 1 aliphatic heterocycles. The van der Waals surface area contributed by atoms with Crippen LogP contribution in [0.4, 0.5) is 5.69 Å². The van der Waals surface area contributed by atoms with Crippen molar-refractivity contribution in [1.82, 2.24) is 10.2 Å². The molecule has 5 nitrogen and oxygen atoms in total. The minimum Gasteiger partial charge on any atom is -0.495 e. The number of nitrogens with one attached hydrogen (secondary N) is 1. The van der Waals surface area contributed by atoms with Gasteiger partial charge in [0, 0.05) is 31.7 Å². The van der Waals surface area contributed by atoms with Crippen LogP contribution in [0.2, 0.25) is 0 Å². The summed E-state index contributed by atoms with van der Waals surface area (Å²) in [6.45, 7) is 11.6. The standard InChI is InChI=1S/C18H29N3O2/c1-14(17(22)19-18(2,3)4)20-10-12-21(13-11-20)15-8-6-7-9-16(15)23-5/h6-9,14H,10-13H2,1-5H3,(H,19,22)/t14-/m0/s1. The first-order chi connectivity index (χ1) is 10.8. The number of carbonyl (C=O) groups is 1. The zero-order valence-electron chi connectivity index (χ0n) is 14.9. The largest absolute Gasteiger partial charge is 0.495 e. The summed E-state index contributed by atoms with van der Waals surface area (Å²) < 4.78 is 5.45. The van der Waals surface area contributed by atoms with E-state index >= 15 is 0 Å². The molecule has 1 amide bonds. The minimum absolute atomic E-state index is 0.100. The minimum atomic E-state index is -0.190. The van der Waals surface area contributed by atoms with E-state index in [-0.39, 0.29) is 17.5 Å². The van der Waals surface area contributed by atoms with Crippen LogP contribution in [0.1, 0.15) is 27.7 Å². The van der Waals surface area contributed by atoms with Gasteiger partial charge in [-0.2, -0.15) is 0 Å². The topological polar surface area (TPSA) is 44.8 Å². The van der Waals surface area contributed by atoms with Crippen molar-refractivity contribution in [3.63, 3.8) is 0 Å². The number of rotatable bonds is 4. The predicted octanol–water partition coefficient (Wildman–Crippen LogP) is 2.12. The number of ether oxygens (including phenoxy) is 1. The van der Waals surface area contributed by atoms with Crippen LogP contribution < -0.4 is 15.0 Å². The van der Waals surface area contributed by atoms with Gasteiger partial charge in [0.1, 0.15) is 5.75 Å². The Morgan fingerprint density at radius 1 is 1.17 bits per heavy atom. The van der Waals surface area contributed by atoms with Crippen LogP contribution >= 0.6 is 0 Å². The lowest BCUT2D eigenvalue weighted by Gasteiger charge is -2.39. The van der Waals surface area contributed by atoms with Crippen molar-refractivity contribution in [2.45, 2.75) is 39.3 Å². The first-order valence-electron chi connectivity index (χ1n) is 8.26. The average Bonchev–Trinajstić information content (AvgIpc) is 2.52. The van der Waals surface area contributed by atoms with E-state index < -0.39 is 0 Å². The zero-order chi connectivity index (χ0) is 17.0. The smallest absolute Gasteiger partial charge is 0.237 e. The maximum atomic E-state index is 12.3. The lowest BCUT2D eigenvalue weighted by atomic mass is 10.1. The molecule has 0 saturated carbocycles. The van der Waals surface area contributed by atoms with E-state index in [4.69, 9.17) is 4.74 Å². The highest BCUT2D eigenvalue weighted by atomic mass is 16.5. The van der Waals surface area contributed by atoms with Crippen LogP contribution in [-0.4, -0.2) is 55.7 Å². The number of methoxy groups -OCH3 is 1. The van der Waals surface area contributed by atoms with Crippen molar-refractivity contribution < 1.29 is 9.53 Å². The Kier molecular flexibility index (Phi) is 5.52. The Labute approximate surface area is 139 Å². The molecular weight excluding hydrogens is 290 g/mol. The van der Waals surface area contributed by atoms with Gasteiger partial charge < -0.3 is 15.0 Å². The van der Waals surface area contributed by atoms with Gasteiger partial charge in [-0.25, -0.2) is 0 Å². The van der Waals surface area contributed by atoms with Crippen molar-refractivity contribution >= 4 is 11.6 Å². The van der Waals surface area contributed by atoms with E-state index in [0.717, 1.165) is 37.6 Å². The molecule has 1 aromatic rings. The molecule has 128 valence electrons. The van der Waals surface area contributed by atoms with Gasteiger partial charge in [-0.15, -0.1) is 0 Å². The van der Waals surface area contributed by atoms with Gasteiger partial charge in [-0.05, 0) is 39.8 Å². The Bertz CT molecular complexity index is 531. The lowest BCUT2D eigenvalue weighted by Crippen LogP contribution is -2.56. The Morgan fingerprint density at radius 3 is 2.35 bits per heavy atom. The third-order valence-electron chi connectivity index (χ3n) is 4.17. The predicted molar refractivity (Wildman–Crippen MR) is 94.1 cm³/mol. The molecular formula is C18H29N3O2. The molecule has 0 radical (unpaired) electrons. The normalized spacial score (nSPS) is 17.7. The monoisotopic (exact) mass is 319 g/mol. The van der Waals surface area contributed by atoms with Gasteiger partial charge in [0.15, 0.2) is 0 Å². The Hall–Kier alpha value is -1.75. The van der Waals surface area contributed by atoms with E-state index in [0.29, 0.717) is 0 Å². The summed E-state index contributed by atoms with van der Waals surface area (Å²) in [4.78, 5) is 16.9. The highest BCUT2D eigenvalue weighted by Crippen LogP contribution is 2.28. The van der Waals surface area contributed by atoms with Gasteiger partial charge in [0.2, 0.25) is 5.91 Å². The third-order valence-corrected chi connectivity index (χ3v) is 4.17. The number of carbonyl (C=O) groups excluding carboxylic acids is 1. The maximum Gasteiger partial charge on any atom is 0.237 e. The number of para-hydroxylation sites is 2. The second kappa shape index (κ2) is 7.21. The number of piperazine rings is 1. The van der Waals surface area contributed by atoms with E-state index in [1.165, 1.54) is 0 Å². The molecule has 0 spiro atoms. The molecule has 0 aromatic heterocycles. The summed E-state index contributed by atoms with van der Waals surface area (Å²) >= 11 is 0. The molecule has 0 aliphatic carbocycles.